The third-order valence-electron chi connectivity index (χ3n) is 3.04. The van der Waals surface area contributed by atoms with Crippen LogP contribution >= 0.6 is 0 Å². The Morgan fingerprint density at radius 1 is 1.40 bits per heavy atom. The smallest absolute Gasteiger partial charge is 0.475 e. The Morgan fingerprint density at radius 3 is 2.44 bits per heavy atom. The number of carbonyl (C=O) groups is 3. The van der Waals surface area contributed by atoms with Crippen molar-refractivity contribution in [1.29, 1.82) is 0 Å². The maximum Gasteiger partial charge on any atom is 0.490 e. The average Bonchev–Trinajstić information content (AvgIpc) is 2.74. The molecule has 0 bridgehead atoms. The van der Waals surface area contributed by atoms with Gasteiger partial charge in [-0.25, -0.2) is 4.79 Å². The number of benzene rings is 1. The van der Waals surface area contributed by atoms with Crippen molar-refractivity contribution in [1.82, 2.24) is 4.90 Å². The van der Waals surface area contributed by atoms with Crippen molar-refractivity contribution in [3.63, 3.8) is 0 Å². The van der Waals surface area contributed by atoms with Crippen LogP contribution in [0.15, 0.2) is 29.4 Å². The summed E-state index contributed by atoms with van der Waals surface area (Å²) < 4.78 is 31.7. The van der Waals surface area contributed by atoms with E-state index in [2.05, 4.69) is 5.10 Å². The molecular formula is C14H15F3N4O4. The normalized spacial score (nSPS) is 17.6. The van der Waals surface area contributed by atoms with Crippen LogP contribution in [0.1, 0.15) is 17.5 Å². The van der Waals surface area contributed by atoms with Crippen molar-refractivity contribution in [3.8, 4) is 0 Å². The largest absolute Gasteiger partial charge is 0.490 e. The lowest BCUT2D eigenvalue weighted by Crippen LogP contribution is -2.34. The van der Waals surface area contributed by atoms with Crippen LogP contribution < -0.4 is 11.6 Å². The standard InChI is InChI=1S/C12H14N4O2.C2HF3O2/c13-10-5-11(17)16(12(10)18)7-9-3-1-2-8(4-9)6-15-14;3-2(4,5)1(6)7/h1-4,6,10H,5,7,13-14H2;(H,6,7)/t10-;/m0./s1. The second kappa shape index (κ2) is 8.24. The molecule has 11 heteroatoms. The van der Waals surface area contributed by atoms with Crippen LogP contribution in [0, 0.1) is 0 Å². The van der Waals surface area contributed by atoms with Gasteiger partial charge >= 0.3 is 12.1 Å². The molecule has 25 heavy (non-hydrogen) atoms. The quantitative estimate of drug-likeness (QED) is 0.304. The molecule has 0 aliphatic carbocycles. The van der Waals surface area contributed by atoms with Gasteiger partial charge in [-0.15, -0.1) is 0 Å². The van der Waals surface area contributed by atoms with Crippen LogP contribution in [-0.2, 0) is 20.9 Å². The van der Waals surface area contributed by atoms with Crippen molar-refractivity contribution in [3.05, 3.63) is 35.4 Å². The zero-order chi connectivity index (χ0) is 19.2. The monoisotopic (exact) mass is 360 g/mol. The van der Waals surface area contributed by atoms with Crippen LogP contribution in [0.3, 0.4) is 0 Å². The van der Waals surface area contributed by atoms with Gasteiger partial charge in [0.1, 0.15) is 0 Å². The highest BCUT2D eigenvalue weighted by molar-refractivity contribution is 6.05. The van der Waals surface area contributed by atoms with Crippen LogP contribution in [-0.4, -0.2) is 46.2 Å². The molecule has 1 aliphatic heterocycles. The molecule has 0 radical (unpaired) electrons. The van der Waals surface area contributed by atoms with E-state index in [1.807, 2.05) is 24.3 Å². The Hall–Kier alpha value is -2.95. The number of aliphatic carboxylic acids is 1. The number of carboxylic acids is 1. The topological polar surface area (TPSA) is 139 Å². The molecule has 0 aromatic heterocycles. The molecule has 1 aliphatic rings. The number of carboxylic acid groups (broad SMARTS) is 1. The molecule has 8 nitrogen and oxygen atoms in total. The lowest BCUT2D eigenvalue weighted by atomic mass is 10.1. The number of nitrogens with zero attached hydrogens (tertiary/aromatic N) is 2. The minimum atomic E-state index is -5.08. The molecule has 1 heterocycles. The Bertz CT molecular complexity index is 691. The van der Waals surface area contributed by atoms with Gasteiger partial charge in [0, 0.05) is 0 Å². The minimum Gasteiger partial charge on any atom is -0.475 e. The van der Waals surface area contributed by atoms with E-state index in [0.717, 1.165) is 11.1 Å². The van der Waals surface area contributed by atoms with Gasteiger partial charge in [0.15, 0.2) is 0 Å². The van der Waals surface area contributed by atoms with E-state index in [1.54, 1.807) is 0 Å². The summed E-state index contributed by atoms with van der Waals surface area (Å²) in [5, 5.41) is 10.6. The molecule has 5 N–H and O–H groups in total. The van der Waals surface area contributed by atoms with Gasteiger partial charge in [-0.1, -0.05) is 18.2 Å². The van der Waals surface area contributed by atoms with Gasteiger partial charge in [0.2, 0.25) is 11.8 Å². The van der Waals surface area contributed by atoms with Gasteiger partial charge in [0.05, 0.1) is 25.2 Å². The fraction of sp³-hybridized carbons (Fsp3) is 0.286. The number of hydrazone groups is 1. The van der Waals surface area contributed by atoms with E-state index in [-0.39, 0.29) is 24.8 Å². The average molecular weight is 360 g/mol. The summed E-state index contributed by atoms with van der Waals surface area (Å²) in [6, 6.07) is 6.60. The van der Waals surface area contributed by atoms with Crippen molar-refractivity contribution in [2.45, 2.75) is 25.2 Å². The number of rotatable bonds is 3. The zero-order valence-electron chi connectivity index (χ0n) is 12.7. The molecule has 0 saturated carbocycles. The zero-order valence-corrected chi connectivity index (χ0v) is 12.7. The van der Waals surface area contributed by atoms with E-state index in [0.29, 0.717) is 0 Å². The van der Waals surface area contributed by atoms with E-state index in [9.17, 15) is 22.8 Å². The Labute approximate surface area is 139 Å². The molecule has 1 aromatic rings. The molecule has 1 saturated heterocycles. The number of alkyl halides is 3. The Kier molecular flexibility index (Phi) is 6.62. The summed E-state index contributed by atoms with van der Waals surface area (Å²) in [6.45, 7) is 0.234. The highest BCUT2D eigenvalue weighted by Gasteiger charge is 2.38. The summed E-state index contributed by atoms with van der Waals surface area (Å²) in [7, 11) is 0. The van der Waals surface area contributed by atoms with Crippen LogP contribution in [0.4, 0.5) is 13.2 Å². The molecule has 2 amide bonds. The second-order valence-corrected chi connectivity index (χ2v) is 4.95. The third kappa shape index (κ3) is 5.88. The summed E-state index contributed by atoms with van der Waals surface area (Å²) in [5.41, 5.74) is 7.19. The SMILES string of the molecule is NN=Cc1cccc(CN2C(=O)C[C@H](N)C2=O)c1.O=C(O)C(F)(F)F. The molecule has 0 spiro atoms. The molecule has 1 atom stereocenters. The third-order valence-corrected chi connectivity index (χ3v) is 3.04. The highest BCUT2D eigenvalue weighted by Crippen LogP contribution is 2.16. The van der Waals surface area contributed by atoms with Gasteiger partial charge in [0.25, 0.3) is 0 Å². The molecule has 1 aromatic carbocycles. The van der Waals surface area contributed by atoms with Crippen molar-refractivity contribution in [2.75, 3.05) is 0 Å². The number of nitrogens with two attached hydrogens (primary N) is 2. The first-order valence-corrected chi connectivity index (χ1v) is 6.78. The first kappa shape index (κ1) is 20.1. The molecule has 1 fully saturated rings. The summed E-state index contributed by atoms with van der Waals surface area (Å²) in [4.78, 5) is 33.3. The Balaban J connectivity index is 0.000000381. The predicted octanol–water partition coefficient (Wildman–Crippen LogP) is 0.199. The lowest BCUT2D eigenvalue weighted by molar-refractivity contribution is -0.192. The van der Waals surface area contributed by atoms with Crippen molar-refractivity contribution >= 4 is 24.0 Å². The van der Waals surface area contributed by atoms with E-state index in [4.69, 9.17) is 21.5 Å². The molecule has 2 rings (SSSR count). The second-order valence-electron chi connectivity index (χ2n) is 4.95. The first-order chi connectivity index (χ1) is 11.6. The van der Waals surface area contributed by atoms with Gasteiger partial charge in [-0.3, -0.25) is 14.5 Å². The van der Waals surface area contributed by atoms with E-state index >= 15 is 0 Å². The van der Waals surface area contributed by atoms with Crippen LogP contribution in [0.25, 0.3) is 0 Å². The summed E-state index contributed by atoms with van der Waals surface area (Å²) in [5.74, 6) is 1.76. The number of hydrogen-bond donors (Lipinski definition) is 3. The van der Waals surface area contributed by atoms with Crippen molar-refractivity contribution in [2.24, 2.45) is 16.7 Å². The maximum atomic E-state index is 11.7. The van der Waals surface area contributed by atoms with Gasteiger partial charge in [-0.05, 0) is 17.2 Å². The van der Waals surface area contributed by atoms with E-state index < -0.39 is 18.2 Å². The van der Waals surface area contributed by atoms with E-state index in [1.165, 1.54) is 11.1 Å². The van der Waals surface area contributed by atoms with Gasteiger partial charge in [-0.2, -0.15) is 18.3 Å². The van der Waals surface area contributed by atoms with Crippen molar-refractivity contribution < 1.29 is 32.7 Å². The molecule has 136 valence electrons. The fourth-order valence-corrected chi connectivity index (χ4v) is 1.92. The van der Waals surface area contributed by atoms with Gasteiger partial charge < -0.3 is 16.7 Å². The number of likely N-dealkylation sites (tertiary alicyclic amines) is 1. The Morgan fingerprint density at radius 2 is 2.00 bits per heavy atom. The molecular weight excluding hydrogens is 345 g/mol. The van der Waals surface area contributed by atoms with Crippen LogP contribution in [0.2, 0.25) is 0 Å². The fourth-order valence-electron chi connectivity index (χ4n) is 1.92. The predicted molar refractivity (Wildman–Crippen MR) is 80.1 cm³/mol. The first-order valence-electron chi connectivity index (χ1n) is 6.78. The number of amides is 2. The minimum absolute atomic E-state index is 0.0861. The number of halogens is 3. The lowest BCUT2D eigenvalue weighted by Gasteiger charge is -2.14. The molecule has 0 unspecified atom stereocenters. The maximum absolute atomic E-state index is 11.7. The highest BCUT2D eigenvalue weighted by atomic mass is 19.4. The summed E-state index contributed by atoms with van der Waals surface area (Å²) >= 11 is 0. The van der Waals surface area contributed by atoms with Crippen LogP contribution in [0.5, 0.6) is 0 Å². The number of hydrogen-bond acceptors (Lipinski definition) is 6. The summed E-state index contributed by atoms with van der Waals surface area (Å²) in [6.07, 6.45) is -3.49. The number of imide groups is 1. The number of carbonyl (C=O) groups excluding carboxylic acids is 2.